The number of benzene rings is 2. The molecule has 0 amide bonds. The molecule has 3 aliphatic heterocycles. The summed E-state index contributed by atoms with van der Waals surface area (Å²) < 4.78 is 27.1. The number of aromatic nitrogens is 3. The Morgan fingerprint density at radius 3 is 2.68 bits per heavy atom. The number of amidine groups is 1. The molecule has 2 aromatic carbocycles. The van der Waals surface area contributed by atoms with Crippen molar-refractivity contribution in [2.45, 2.75) is 26.3 Å². The van der Waals surface area contributed by atoms with Crippen LogP contribution in [0.4, 0.5) is 4.39 Å². The van der Waals surface area contributed by atoms with E-state index in [1.54, 1.807) is 6.33 Å². The minimum atomic E-state index is -0.250. The minimum Gasteiger partial charge on any atom is -0.392 e. The largest absolute Gasteiger partial charge is 0.392 e. The van der Waals surface area contributed by atoms with E-state index in [4.69, 9.17) is 14.1 Å². The van der Waals surface area contributed by atoms with Crippen molar-refractivity contribution in [2.75, 3.05) is 26.4 Å². The molecule has 9 heteroatoms. The van der Waals surface area contributed by atoms with Crippen molar-refractivity contribution in [1.29, 1.82) is 0 Å². The number of aryl methyl sites for hydroxylation is 2. The zero-order valence-electron chi connectivity index (χ0n) is 20.6. The van der Waals surface area contributed by atoms with Gasteiger partial charge in [-0.25, -0.2) is 9.37 Å². The predicted molar refractivity (Wildman–Crippen MR) is 136 cm³/mol. The Kier molecular flexibility index (Phi) is 4.97. The second kappa shape index (κ2) is 8.27. The van der Waals surface area contributed by atoms with Gasteiger partial charge >= 0.3 is 0 Å². The molecule has 5 heterocycles. The maximum Gasteiger partial charge on any atom is 0.191 e. The second-order valence-corrected chi connectivity index (χ2v) is 10.3. The van der Waals surface area contributed by atoms with Crippen LogP contribution >= 0.6 is 0 Å². The highest BCUT2D eigenvalue weighted by molar-refractivity contribution is 6.05. The molecule has 1 spiro atoms. The second-order valence-electron chi connectivity index (χ2n) is 10.3. The molecule has 0 aliphatic carbocycles. The molecule has 0 saturated carbocycles. The van der Waals surface area contributed by atoms with Crippen LogP contribution in [0.5, 0.6) is 0 Å². The molecule has 2 aromatic heterocycles. The fourth-order valence-electron chi connectivity index (χ4n) is 5.72. The number of hydrogen-bond donors (Lipinski definition) is 0. The summed E-state index contributed by atoms with van der Waals surface area (Å²) in [5.41, 5.74) is 6.45. The maximum atomic E-state index is 13.6. The first-order valence-corrected chi connectivity index (χ1v) is 12.4. The lowest BCUT2D eigenvalue weighted by molar-refractivity contribution is -0.131. The zero-order chi connectivity index (χ0) is 25.1. The summed E-state index contributed by atoms with van der Waals surface area (Å²) in [6.07, 6.45) is 6.75. The van der Waals surface area contributed by atoms with Gasteiger partial charge in [0.05, 0.1) is 48.0 Å². The van der Waals surface area contributed by atoms with Crippen molar-refractivity contribution >= 4 is 22.9 Å². The van der Waals surface area contributed by atoms with Gasteiger partial charge in [-0.2, -0.15) is 0 Å². The van der Waals surface area contributed by atoms with E-state index in [2.05, 4.69) is 32.3 Å². The number of fused-ring (bicyclic) bond motifs is 2. The lowest BCUT2D eigenvalue weighted by Gasteiger charge is -2.52. The molecular formula is C28H26FN5O3. The molecule has 188 valence electrons. The number of imidazole rings is 1. The number of piperidine rings is 1. The van der Waals surface area contributed by atoms with Gasteiger partial charge in [-0.15, -0.1) is 0 Å². The number of nitrogens with zero attached hydrogens (tertiary/aromatic N) is 5. The molecule has 8 nitrogen and oxygen atoms in total. The average molecular weight is 500 g/mol. The van der Waals surface area contributed by atoms with Gasteiger partial charge in [0.25, 0.3) is 0 Å². The van der Waals surface area contributed by atoms with Crippen molar-refractivity contribution in [3.63, 3.8) is 0 Å². The Morgan fingerprint density at radius 1 is 1.11 bits per heavy atom. The van der Waals surface area contributed by atoms with E-state index in [1.165, 1.54) is 12.1 Å². The highest BCUT2D eigenvalue weighted by atomic mass is 19.1. The quantitative estimate of drug-likeness (QED) is 0.397. The molecule has 37 heavy (non-hydrogen) atoms. The summed E-state index contributed by atoms with van der Waals surface area (Å²) in [5.74, 6) is 0.564. The van der Waals surface area contributed by atoms with Crippen LogP contribution in [-0.4, -0.2) is 51.8 Å². The molecule has 1 atom stereocenters. The average Bonchev–Trinajstić information content (AvgIpc) is 3.49. The van der Waals surface area contributed by atoms with Crippen molar-refractivity contribution in [3.8, 4) is 5.69 Å². The fraction of sp³-hybridized carbons (Fsp3) is 0.321. The van der Waals surface area contributed by atoms with Crippen LogP contribution < -0.4 is 0 Å². The van der Waals surface area contributed by atoms with Crippen LogP contribution in [-0.2, 0) is 9.57 Å². The van der Waals surface area contributed by atoms with Crippen molar-refractivity contribution in [3.05, 3.63) is 82.8 Å². The summed E-state index contributed by atoms with van der Waals surface area (Å²) >= 11 is 0. The SMILES string of the molecule is Cc1cn(-c2ccc(C=C3CC4(COC4)CN4C3=NOCC4c3ccc(F)cc3)c3c(C)noc23)cn1. The lowest BCUT2D eigenvalue weighted by atomic mass is 9.74. The first kappa shape index (κ1) is 22.2. The van der Waals surface area contributed by atoms with Gasteiger partial charge < -0.3 is 23.6 Å². The first-order valence-electron chi connectivity index (χ1n) is 12.4. The third kappa shape index (κ3) is 3.64. The molecule has 0 N–H and O–H groups in total. The Labute approximate surface area is 213 Å². The van der Waals surface area contributed by atoms with Gasteiger partial charge in [0.15, 0.2) is 11.4 Å². The number of rotatable bonds is 3. The molecule has 0 radical (unpaired) electrons. The number of halogens is 1. The van der Waals surface area contributed by atoms with E-state index in [9.17, 15) is 4.39 Å². The van der Waals surface area contributed by atoms with Gasteiger partial charge in [0, 0.05) is 18.2 Å². The van der Waals surface area contributed by atoms with Crippen LogP contribution in [0.25, 0.3) is 22.7 Å². The smallest absolute Gasteiger partial charge is 0.191 e. The highest BCUT2D eigenvalue weighted by Gasteiger charge is 2.49. The predicted octanol–water partition coefficient (Wildman–Crippen LogP) is 4.96. The molecule has 2 saturated heterocycles. The van der Waals surface area contributed by atoms with Crippen LogP contribution in [0.1, 0.15) is 35.0 Å². The summed E-state index contributed by atoms with van der Waals surface area (Å²) in [6.45, 7) is 6.54. The van der Waals surface area contributed by atoms with Gasteiger partial charge in [0.1, 0.15) is 12.4 Å². The molecular weight excluding hydrogens is 473 g/mol. The molecule has 2 fully saturated rings. The summed E-state index contributed by atoms with van der Waals surface area (Å²) in [5, 5.41) is 9.76. The standard InChI is InChI=1S/C28H26FN5O3/c1-17-11-33(16-30-17)23-8-5-20(25-18(2)31-37-26(23)25)9-21-10-28(14-35-15-28)13-34-24(12-36-32-27(21)34)19-3-6-22(29)7-4-19/h3-9,11,16,24H,10,12-15H2,1-2H3. The van der Waals surface area contributed by atoms with Crippen LogP contribution in [0.2, 0.25) is 0 Å². The van der Waals surface area contributed by atoms with Gasteiger partial charge in [-0.05, 0) is 61.2 Å². The van der Waals surface area contributed by atoms with E-state index in [-0.39, 0.29) is 17.3 Å². The van der Waals surface area contributed by atoms with Crippen LogP contribution in [0.15, 0.2) is 64.2 Å². The van der Waals surface area contributed by atoms with E-state index in [0.29, 0.717) is 25.4 Å². The van der Waals surface area contributed by atoms with Crippen LogP contribution in [0.3, 0.4) is 0 Å². The topological polar surface area (TPSA) is 77.9 Å². The van der Waals surface area contributed by atoms with E-state index in [1.807, 2.05) is 42.8 Å². The van der Waals surface area contributed by atoms with E-state index in [0.717, 1.165) is 58.0 Å². The normalized spacial score (nSPS) is 21.6. The van der Waals surface area contributed by atoms with Crippen molar-refractivity contribution < 1.29 is 18.5 Å². The van der Waals surface area contributed by atoms with Crippen molar-refractivity contribution in [2.24, 2.45) is 10.6 Å². The highest BCUT2D eigenvalue weighted by Crippen LogP contribution is 2.45. The van der Waals surface area contributed by atoms with Gasteiger partial charge in [-0.1, -0.05) is 28.5 Å². The molecule has 1 unspecified atom stereocenters. The Morgan fingerprint density at radius 2 is 1.95 bits per heavy atom. The minimum absolute atomic E-state index is 0.0115. The zero-order valence-corrected chi connectivity index (χ0v) is 20.6. The van der Waals surface area contributed by atoms with Gasteiger partial charge in [-0.3, -0.25) is 0 Å². The molecule has 4 aromatic rings. The third-order valence-corrected chi connectivity index (χ3v) is 7.59. The number of ether oxygens (including phenoxy) is 1. The monoisotopic (exact) mass is 499 g/mol. The first-order chi connectivity index (χ1) is 18.0. The summed E-state index contributed by atoms with van der Waals surface area (Å²) in [7, 11) is 0. The Hall–Kier alpha value is -3.98. The third-order valence-electron chi connectivity index (χ3n) is 7.59. The fourth-order valence-corrected chi connectivity index (χ4v) is 5.72. The van der Waals surface area contributed by atoms with E-state index < -0.39 is 0 Å². The molecule has 3 aliphatic rings. The van der Waals surface area contributed by atoms with E-state index >= 15 is 0 Å². The number of oxime groups is 1. The van der Waals surface area contributed by atoms with Crippen molar-refractivity contribution in [1.82, 2.24) is 19.6 Å². The lowest BCUT2D eigenvalue weighted by Crippen LogP contribution is -2.58. The molecule has 7 rings (SSSR count). The maximum absolute atomic E-state index is 13.6. The molecule has 0 bridgehead atoms. The van der Waals surface area contributed by atoms with Crippen LogP contribution in [0, 0.1) is 25.1 Å². The number of hydrogen-bond acceptors (Lipinski definition) is 7. The Bertz CT molecular complexity index is 1560. The summed E-state index contributed by atoms with van der Waals surface area (Å²) in [6, 6.07) is 10.7. The van der Waals surface area contributed by atoms with Gasteiger partial charge in [0.2, 0.25) is 0 Å². The Balaban J connectivity index is 1.33. The summed E-state index contributed by atoms with van der Waals surface area (Å²) in [4.78, 5) is 12.4.